The van der Waals surface area contributed by atoms with Gasteiger partial charge in [-0.2, -0.15) is 4.31 Å². The van der Waals surface area contributed by atoms with Gasteiger partial charge in [-0.25, -0.2) is 16.8 Å². The van der Waals surface area contributed by atoms with Crippen molar-refractivity contribution in [3.05, 3.63) is 48.0 Å². The zero-order valence-electron chi connectivity index (χ0n) is 21.4. The van der Waals surface area contributed by atoms with E-state index in [0.717, 1.165) is 35.4 Å². The Balaban J connectivity index is 1.84. The second-order valence-electron chi connectivity index (χ2n) is 9.95. The number of piperidine rings is 1. The number of anilines is 2. The van der Waals surface area contributed by atoms with Gasteiger partial charge < -0.3 is 10.1 Å². The van der Waals surface area contributed by atoms with Crippen LogP contribution >= 0.6 is 0 Å². The molecule has 1 saturated heterocycles. The van der Waals surface area contributed by atoms with Crippen LogP contribution in [-0.4, -0.2) is 60.0 Å². The molecular formula is C25H35N3O6S2. The number of ether oxygens (including phenoxy) is 1. The first-order valence-electron chi connectivity index (χ1n) is 11.8. The first-order chi connectivity index (χ1) is 16.7. The maximum Gasteiger partial charge on any atom is 0.246 e. The normalized spacial score (nSPS) is 15.4. The van der Waals surface area contributed by atoms with Crippen molar-refractivity contribution in [2.24, 2.45) is 0 Å². The molecule has 1 aliphatic heterocycles. The summed E-state index contributed by atoms with van der Waals surface area (Å²) in [7, 11) is -6.19. The molecule has 0 saturated carbocycles. The summed E-state index contributed by atoms with van der Waals surface area (Å²) in [5.41, 5.74) is 1.52. The molecule has 3 rings (SSSR count). The van der Waals surface area contributed by atoms with Crippen LogP contribution in [-0.2, 0) is 30.3 Å². The fourth-order valence-electron chi connectivity index (χ4n) is 4.06. The molecule has 0 aliphatic carbocycles. The third-order valence-electron chi connectivity index (χ3n) is 6.09. The van der Waals surface area contributed by atoms with Crippen LogP contribution < -0.4 is 14.4 Å². The number of hydrogen-bond donors (Lipinski definition) is 1. The van der Waals surface area contributed by atoms with Crippen molar-refractivity contribution in [3.8, 4) is 5.75 Å². The van der Waals surface area contributed by atoms with Crippen molar-refractivity contribution in [3.63, 3.8) is 0 Å². The van der Waals surface area contributed by atoms with Gasteiger partial charge in [-0.15, -0.1) is 0 Å². The minimum atomic E-state index is -3.82. The van der Waals surface area contributed by atoms with Gasteiger partial charge in [0.2, 0.25) is 26.0 Å². The van der Waals surface area contributed by atoms with Gasteiger partial charge in [0.05, 0.1) is 19.1 Å². The summed E-state index contributed by atoms with van der Waals surface area (Å²) in [5, 5.41) is 2.63. The summed E-state index contributed by atoms with van der Waals surface area (Å²) in [5.74, 6) is -0.429. The molecule has 0 atom stereocenters. The Labute approximate surface area is 214 Å². The summed E-state index contributed by atoms with van der Waals surface area (Å²) >= 11 is 0. The number of nitrogens with one attached hydrogen (secondary N) is 1. The predicted molar refractivity (Wildman–Crippen MR) is 142 cm³/mol. The van der Waals surface area contributed by atoms with Gasteiger partial charge in [0, 0.05) is 18.8 Å². The molecular weight excluding hydrogens is 502 g/mol. The van der Waals surface area contributed by atoms with Crippen molar-refractivity contribution in [1.82, 2.24) is 4.31 Å². The number of sulfonamides is 2. The second kappa shape index (κ2) is 10.8. The van der Waals surface area contributed by atoms with E-state index in [9.17, 15) is 21.6 Å². The van der Waals surface area contributed by atoms with Crippen molar-refractivity contribution in [2.45, 2.75) is 50.3 Å². The number of methoxy groups -OCH3 is 1. The highest BCUT2D eigenvalue weighted by atomic mass is 32.2. The van der Waals surface area contributed by atoms with Crippen LogP contribution in [0.2, 0.25) is 0 Å². The lowest BCUT2D eigenvalue weighted by molar-refractivity contribution is -0.114. The number of benzene rings is 2. The van der Waals surface area contributed by atoms with Crippen molar-refractivity contribution >= 4 is 37.3 Å². The molecule has 1 N–H and O–H groups in total. The van der Waals surface area contributed by atoms with Crippen LogP contribution in [0.4, 0.5) is 11.4 Å². The van der Waals surface area contributed by atoms with Crippen molar-refractivity contribution in [1.29, 1.82) is 0 Å². The number of rotatable bonds is 8. The molecule has 9 nitrogen and oxygen atoms in total. The largest absolute Gasteiger partial charge is 0.495 e. The van der Waals surface area contributed by atoms with Gasteiger partial charge in [-0.3, -0.25) is 9.10 Å². The summed E-state index contributed by atoms with van der Waals surface area (Å²) in [6.45, 7) is 6.56. The summed E-state index contributed by atoms with van der Waals surface area (Å²) in [6, 6.07) is 11.4. The molecule has 1 fully saturated rings. The molecule has 1 aliphatic rings. The van der Waals surface area contributed by atoms with Crippen molar-refractivity contribution in [2.75, 3.05) is 42.6 Å². The first kappa shape index (κ1) is 27.9. The van der Waals surface area contributed by atoms with Crippen LogP contribution in [0, 0.1) is 0 Å². The molecule has 11 heteroatoms. The van der Waals surface area contributed by atoms with E-state index in [1.165, 1.54) is 29.6 Å². The fourth-order valence-corrected chi connectivity index (χ4v) is 6.61. The Bertz CT molecular complexity index is 1290. The number of hydrogen-bond acceptors (Lipinski definition) is 6. The van der Waals surface area contributed by atoms with Gasteiger partial charge in [0.1, 0.15) is 17.2 Å². The van der Waals surface area contributed by atoms with Crippen LogP contribution in [0.3, 0.4) is 0 Å². The summed E-state index contributed by atoms with van der Waals surface area (Å²) in [6.07, 6.45) is 3.59. The number of amides is 1. The zero-order valence-corrected chi connectivity index (χ0v) is 23.1. The van der Waals surface area contributed by atoms with E-state index >= 15 is 0 Å². The second-order valence-corrected chi connectivity index (χ2v) is 13.8. The molecule has 0 radical (unpaired) electrons. The summed E-state index contributed by atoms with van der Waals surface area (Å²) in [4.78, 5) is 12.8. The quantitative estimate of drug-likeness (QED) is 0.551. The highest BCUT2D eigenvalue weighted by Crippen LogP contribution is 2.31. The van der Waals surface area contributed by atoms with E-state index in [-0.39, 0.29) is 21.7 Å². The lowest BCUT2D eigenvalue weighted by atomic mass is 9.87. The minimum absolute atomic E-state index is 0.0394. The van der Waals surface area contributed by atoms with E-state index in [2.05, 4.69) is 26.1 Å². The highest BCUT2D eigenvalue weighted by Gasteiger charge is 2.29. The van der Waals surface area contributed by atoms with E-state index in [0.29, 0.717) is 18.8 Å². The van der Waals surface area contributed by atoms with Crippen LogP contribution in [0.1, 0.15) is 45.6 Å². The Kier molecular flexibility index (Phi) is 8.37. The van der Waals surface area contributed by atoms with E-state index in [4.69, 9.17) is 4.74 Å². The third kappa shape index (κ3) is 6.57. The highest BCUT2D eigenvalue weighted by molar-refractivity contribution is 7.92. The average Bonchev–Trinajstić information content (AvgIpc) is 2.82. The van der Waals surface area contributed by atoms with Crippen LogP contribution in [0.15, 0.2) is 47.4 Å². The Morgan fingerprint density at radius 2 is 1.61 bits per heavy atom. The first-order valence-corrected chi connectivity index (χ1v) is 15.1. The van der Waals surface area contributed by atoms with Crippen LogP contribution in [0.25, 0.3) is 0 Å². The molecule has 1 heterocycles. The molecule has 0 spiro atoms. The topological polar surface area (TPSA) is 113 Å². The SMILES string of the molecule is COc1ccc(NC(=O)CN(c2ccc(C(C)(C)C)cc2)S(C)(=O)=O)cc1S(=O)(=O)N1CCCCC1. The monoisotopic (exact) mass is 537 g/mol. The molecule has 2 aromatic carbocycles. The van der Waals surface area contributed by atoms with Crippen molar-refractivity contribution < 1.29 is 26.4 Å². The average molecular weight is 538 g/mol. The lowest BCUT2D eigenvalue weighted by Crippen LogP contribution is -2.37. The molecule has 0 bridgehead atoms. The third-order valence-corrected chi connectivity index (χ3v) is 9.15. The van der Waals surface area contributed by atoms with E-state index < -0.39 is 32.5 Å². The number of carbonyl (C=O) groups is 1. The van der Waals surface area contributed by atoms with E-state index in [1.807, 2.05) is 12.1 Å². The minimum Gasteiger partial charge on any atom is -0.495 e. The molecule has 1 amide bonds. The molecule has 0 aromatic heterocycles. The van der Waals surface area contributed by atoms with E-state index in [1.54, 1.807) is 12.1 Å². The number of nitrogens with zero attached hydrogens (tertiary/aromatic N) is 2. The predicted octanol–water partition coefficient (Wildman–Crippen LogP) is 3.57. The smallest absolute Gasteiger partial charge is 0.246 e. The molecule has 2 aromatic rings. The number of carbonyl (C=O) groups excluding carboxylic acids is 1. The van der Waals surface area contributed by atoms with Gasteiger partial charge in [-0.05, 0) is 54.2 Å². The molecule has 36 heavy (non-hydrogen) atoms. The Morgan fingerprint density at radius 1 is 1.00 bits per heavy atom. The Hall–Kier alpha value is -2.63. The maximum absolute atomic E-state index is 13.2. The van der Waals surface area contributed by atoms with Gasteiger partial charge in [0.15, 0.2) is 0 Å². The van der Waals surface area contributed by atoms with Gasteiger partial charge in [-0.1, -0.05) is 39.3 Å². The summed E-state index contributed by atoms with van der Waals surface area (Å²) < 4.78 is 59.2. The fraction of sp³-hybridized carbons (Fsp3) is 0.480. The van der Waals surface area contributed by atoms with Gasteiger partial charge in [0.25, 0.3) is 0 Å². The standard InChI is InChI=1S/C25H35N3O6S2/c1-25(2,3)19-9-12-21(13-10-19)28(35(5,30)31)18-24(29)26-20-11-14-22(34-4)23(17-20)36(32,33)27-15-7-6-8-16-27/h9-14,17H,6-8,15-16,18H2,1-5H3,(H,26,29). The lowest BCUT2D eigenvalue weighted by Gasteiger charge is -2.27. The van der Waals surface area contributed by atoms with Gasteiger partial charge >= 0.3 is 0 Å². The molecule has 198 valence electrons. The molecule has 0 unspecified atom stereocenters. The Morgan fingerprint density at radius 3 is 2.14 bits per heavy atom. The maximum atomic E-state index is 13.2. The zero-order chi connectivity index (χ0) is 26.7. The van der Waals surface area contributed by atoms with Crippen LogP contribution in [0.5, 0.6) is 5.75 Å².